The van der Waals surface area contributed by atoms with Gasteiger partial charge in [-0.1, -0.05) is 0 Å². The lowest BCUT2D eigenvalue weighted by molar-refractivity contribution is 0.122. The molecule has 2 aromatic rings. The molecular weight excluding hydrogens is 312 g/mol. The molecular formula is C20H26N4O. The molecule has 0 radical (unpaired) electrons. The zero-order valence-corrected chi connectivity index (χ0v) is 15.1. The van der Waals surface area contributed by atoms with E-state index < -0.39 is 0 Å². The van der Waals surface area contributed by atoms with E-state index in [-0.39, 0.29) is 0 Å². The molecule has 1 fully saturated rings. The van der Waals surface area contributed by atoms with Crippen molar-refractivity contribution >= 4 is 22.7 Å². The van der Waals surface area contributed by atoms with E-state index in [2.05, 4.69) is 58.1 Å². The molecule has 132 valence electrons. The molecule has 0 spiro atoms. The quantitative estimate of drug-likeness (QED) is 0.711. The van der Waals surface area contributed by atoms with Crippen molar-refractivity contribution < 1.29 is 4.74 Å². The zero-order valence-electron chi connectivity index (χ0n) is 15.1. The number of hydrogen-bond donors (Lipinski definition) is 0. The van der Waals surface area contributed by atoms with Crippen molar-refractivity contribution in [2.75, 3.05) is 49.2 Å². The third kappa shape index (κ3) is 4.57. The molecule has 5 nitrogen and oxygen atoms in total. The van der Waals surface area contributed by atoms with Crippen LogP contribution in [0.5, 0.6) is 0 Å². The molecule has 0 unspecified atom stereocenters. The van der Waals surface area contributed by atoms with E-state index >= 15 is 0 Å². The van der Waals surface area contributed by atoms with Gasteiger partial charge in [-0.2, -0.15) is 10.2 Å². The van der Waals surface area contributed by atoms with Crippen LogP contribution in [-0.4, -0.2) is 39.4 Å². The molecule has 0 atom stereocenters. The number of azo groups is 1. The molecule has 1 aliphatic rings. The lowest BCUT2D eigenvalue weighted by Gasteiger charge is -2.28. The summed E-state index contributed by atoms with van der Waals surface area (Å²) in [5, 5.41) is 8.69. The van der Waals surface area contributed by atoms with Crippen LogP contribution in [0.2, 0.25) is 0 Å². The predicted octanol–water partition coefficient (Wildman–Crippen LogP) is 4.78. The maximum absolute atomic E-state index is 5.39. The highest BCUT2D eigenvalue weighted by molar-refractivity contribution is 5.54. The molecule has 5 heteroatoms. The van der Waals surface area contributed by atoms with E-state index in [1.807, 2.05) is 24.3 Å². The third-order valence-corrected chi connectivity index (χ3v) is 4.49. The molecule has 0 amide bonds. The van der Waals surface area contributed by atoms with E-state index in [4.69, 9.17) is 4.74 Å². The highest BCUT2D eigenvalue weighted by Gasteiger charge is 2.10. The first-order valence-corrected chi connectivity index (χ1v) is 8.99. The van der Waals surface area contributed by atoms with Gasteiger partial charge in [0.05, 0.1) is 24.6 Å². The number of ether oxygens (including phenoxy) is 1. The fraction of sp³-hybridized carbons (Fsp3) is 0.400. The Morgan fingerprint density at radius 3 is 1.88 bits per heavy atom. The van der Waals surface area contributed by atoms with Gasteiger partial charge in [0.2, 0.25) is 0 Å². The Balaban J connectivity index is 1.63. The summed E-state index contributed by atoms with van der Waals surface area (Å²) < 4.78 is 5.39. The topological polar surface area (TPSA) is 40.4 Å². The molecule has 0 bridgehead atoms. The van der Waals surface area contributed by atoms with E-state index in [9.17, 15) is 0 Å². The van der Waals surface area contributed by atoms with Crippen LogP contribution in [-0.2, 0) is 4.74 Å². The standard InChI is InChI=1S/C20H26N4O/c1-3-23(4-2)19-9-5-17(6-10-19)21-22-18-7-11-20(12-8-18)24-13-15-25-16-14-24/h5-12H,3-4,13-16H2,1-2H3. The Morgan fingerprint density at radius 2 is 1.36 bits per heavy atom. The summed E-state index contributed by atoms with van der Waals surface area (Å²) in [6.45, 7) is 9.82. The first-order chi connectivity index (χ1) is 12.3. The largest absolute Gasteiger partial charge is 0.378 e. The van der Waals surface area contributed by atoms with Crippen LogP contribution in [0.1, 0.15) is 13.8 Å². The molecule has 1 heterocycles. The second-order valence-corrected chi connectivity index (χ2v) is 6.00. The summed E-state index contributed by atoms with van der Waals surface area (Å²) in [4.78, 5) is 4.64. The van der Waals surface area contributed by atoms with E-state index in [0.29, 0.717) is 0 Å². The lowest BCUT2D eigenvalue weighted by atomic mass is 10.2. The van der Waals surface area contributed by atoms with Gasteiger partial charge in [-0.05, 0) is 62.4 Å². The SMILES string of the molecule is CCN(CC)c1ccc(N=Nc2ccc(N3CCOCC3)cc2)cc1. The zero-order chi connectivity index (χ0) is 17.5. The van der Waals surface area contributed by atoms with Gasteiger partial charge in [0.25, 0.3) is 0 Å². The van der Waals surface area contributed by atoms with Crippen molar-refractivity contribution in [2.45, 2.75) is 13.8 Å². The first-order valence-electron chi connectivity index (χ1n) is 8.99. The van der Waals surface area contributed by atoms with Gasteiger partial charge in [-0.15, -0.1) is 0 Å². The number of hydrogen-bond acceptors (Lipinski definition) is 5. The van der Waals surface area contributed by atoms with Crippen molar-refractivity contribution in [1.29, 1.82) is 0 Å². The van der Waals surface area contributed by atoms with E-state index in [1.165, 1.54) is 11.4 Å². The minimum absolute atomic E-state index is 0.797. The predicted molar refractivity (Wildman–Crippen MR) is 104 cm³/mol. The van der Waals surface area contributed by atoms with Crippen molar-refractivity contribution in [3.63, 3.8) is 0 Å². The maximum Gasteiger partial charge on any atom is 0.0858 e. The molecule has 1 saturated heterocycles. The number of rotatable bonds is 6. The molecule has 3 rings (SSSR count). The van der Waals surface area contributed by atoms with Gasteiger partial charge in [0, 0.05) is 37.6 Å². The average molecular weight is 338 g/mol. The summed E-state index contributed by atoms with van der Waals surface area (Å²) in [7, 11) is 0. The average Bonchev–Trinajstić information content (AvgIpc) is 2.69. The Hall–Kier alpha value is -2.40. The van der Waals surface area contributed by atoms with Crippen LogP contribution >= 0.6 is 0 Å². The van der Waals surface area contributed by atoms with Crippen molar-refractivity contribution in [3.8, 4) is 0 Å². The van der Waals surface area contributed by atoms with Crippen LogP contribution < -0.4 is 9.80 Å². The molecule has 0 saturated carbocycles. The molecule has 2 aromatic carbocycles. The normalized spacial score (nSPS) is 14.9. The molecule has 0 aliphatic carbocycles. The Bertz CT molecular complexity index is 672. The van der Waals surface area contributed by atoms with Crippen molar-refractivity contribution in [3.05, 3.63) is 48.5 Å². The fourth-order valence-electron chi connectivity index (χ4n) is 2.99. The number of nitrogens with zero attached hydrogens (tertiary/aromatic N) is 4. The smallest absolute Gasteiger partial charge is 0.0858 e. The highest BCUT2D eigenvalue weighted by Crippen LogP contribution is 2.24. The number of benzene rings is 2. The fourth-order valence-corrected chi connectivity index (χ4v) is 2.99. The van der Waals surface area contributed by atoms with Crippen LogP contribution in [0.15, 0.2) is 58.8 Å². The van der Waals surface area contributed by atoms with Crippen LogP contribution in [0.25, 0.3) is 0 Å². The van der Waals surface area contributed by atoms with Crippen LogP contribution in [0.3, 0.4) is 0 Å². The second-order valence-electron chi connectivity index (χ2n) is 6.00. The summed E-state index contributed by atoms with van der Waals surface area (Å²) in [5.41, 5.74) is 4.17. The van der Waals surface area contributed by atoms with Crippen molar-refractivity contribution in [1.82, 2.24) is 0 Å². The summed E-state index contributed by atoms with van der Waals surface area (Å²) >= 11 is 0. The minimum Gasteiger partial charge on any atom is -0.378 e. The van der Waals surface area contributed by atoms with Gasteiger partial charge >= 0.3 is 0 Å². The highest BCUT2D eigenvalue weighted by atomic mass is 16.5. The lowest BCUT2D eigenvalue weighted by Crippen LogP contribution is -2.36. The van der Waals surface area contributed by atoms with Crippen LogP contribution in [0.4, 0.5) is 22.7 Å². The Labute approximate surface area is 149 Å². The monoisotopic (exact) mass is 338 g/mol. The van der Waals surface area contributed by atoms with Gasteiger partial charge in [0.1, 0.15) is 0 Å². The van der Waals surface area contributed by atoms with Crippen molar-refractivity contribution in [2.24, 2.45) is 10.2 Å². The first kappa shape index (κ1) is 17.4. The molecule has 0 N–H and O–H groups in total. The Kier molecular flexibility index (Phi) is 6.01. The second kappa shape index (κ2) is 8.62. The van der Waals surface area contributed by atoms with Crippen LogP contribution in [0, 0.1) is 0 Å². The van der Waals surface area contributed by atoms with Gasteiger partial charge < -0.3 is 14.5 Å². The van der Waals surface area contributed by atoms with Gasteiger partial charge in [-0.25, -0.2) is 0 Å². The van der Waals surface area contributed by atoms with Gasteiger partial charge in [-0.3, -0.25) is 0 Å². The molecule has 0 aromatic heterocycles. The summed E-state index contributed by atoms with van der Waals surface area (Å²) in [6, 6.07) is 16.5. The molecule has 1 aliphatic heterocycles. The summed E-state index contributed by atoms with van der Waals surface area (Å²) in [6.07, 6.45) is 0. The number of anilines is 2. The summed E-state index contributed by atoms with van der Waals surface area (Å²) in [5.74, 6) is 0. The molecule has 25 heavy (non-hydrogen) atoms. The number of morpholine rings is 1. The van der Waals surface area contributed by atoms with E-state index in [0.717, 1.165) is 50.8 Å². The van der Waals surface area contributed by atoms with E-state index in [1.54, 1.807) is 0 Å². The Morgan fingerprint density at radius 1 is 0.840 bits per heavy atom. The maximum atomic E-state index is 5.39. The third-order valence-electron chi connectivity index (χ3n) is 4.49. The minimum atomic E-state index is 0.797. The van der Waals surface area contributed by atoms with Gasteiger partial charge in [0.15, 0.2) is 0 Å².